The Labute approximate surface area is 82.3 Å². The quantitative estimate of drug-likeness (QED) is 0.703. The third kappa shape index (κ3) is 2.07. The van der Waals surface area contributed by atoms with Crippen molar-refractivity contribution in [3.05, 3.63) is 0 Å². The van der Waals surface area contributed by atoms with Gasteiger partial charge in [0, 0.05) is 0 Å². The largest absolute Gasteiger partial charge is 0.319 e. The van der Waals surface area contributed by atoms with E-state index >= 15 is 0 Å². The maximum absolute atomic E-state index is 3.29. The molecular formula is C12H23N. The third-order valence-corrected chi connectivity index (χ3v) is 4.14. The highest BCUT2D eigenvalue weighted by atomic mass is 14.8. The molecule has 13 heavy (non-hydrogen) atoms. The SMILES string of the molecule is CNCC(C)CC1CC2CCC1C2. The maximum atomic E-state index is 3.29. The molecule has 2 fully saturated rings. The van der Waals surface area contributed by atoms with Gasteiger partial charge >= 0.3 is 0 Å². The Morgan fingerprint density at radius 1 is 1.31 bits per heavy atom. The molecule has 0 radical (unpaired) electrons. The van der Waals surface area contributed by atoms with Gasteiger partial charge < -0.3 is 5.32 Å². The van der Waals surface area contributed by atoms with Crippen molar-refractivity contribution >= 4 is 0 Å². The number of hydrogen-bond acceptors (Lipinski definition) is 1. The van der Waals surface area contributed by atoms with Crippen molar-refractivity contribution in [2.75, 3.05) is 13.6 Å². The first-order valence-electron chi connectivity index (χ1n) is 5.94. The van der Waals surface area contributed by atoms with Gasteiger partial charge in [-0.3, -0.25) is 0 Å². The average Bonchev–Trinajstić information content (AvgIpc) is 2.65. The van der Waals surface area contributed by atoms with Gasteiger partial charge in [-0.2, -0.15) is 0 Å². The minimum atomic E-state index is 0.884. The van der Waals surface area contributed by atoms with E-state index in [-0.39, 0.29) is 0 Å². The molecule has 4 atom stereocenters. The standard InChI is InChI=1S/C12H23N/c1-9(8-13-2)5-12-7-10-3-4-11(12)6-10/h9-13H,3-8H2,1-2H3. The predicted molar refractivity (Wildman–Crippen MR) is 56.6 cm³/mol. The van der Waals surface area contributed by atoms with Crippen molar-refractivity contribution in [1.29, 1.82) is 0 Å². The van der Waals surface area contributed by atoms with Crippen molar-refractivity contribution < 1.29 is 0 Å². The second-order valence-electron chi connectivity index (χ2n) is 5.33. The van der Waals surface area contributed by atoms with E-state index in [1.54, 1.807) is 25.7 Å². The lowest BCUT2D eigenvalue weighted by Gasteiger charge is -2.24. The molecule has 0 amide bonds. The molecular weight excluding hydrogens is 158 g/mol. The van der Waals surface area contributed by atoms with E-state index in [0.29, 0.717) is 0 Å². The third-order valence-electron chi connectivity index (χ3n) is 4.14. The number of fused-ring (bicyclic) bond motifs is 2. The normalized spacial score (nSPS) is 39.7. The summed E-state index contributed by atoms with van der Waals surface area (Å²) in [5, 5.41) is 3.29. The fraction of sp³-hybridized carbons (Fsp3) is 1.00. The van der Waals surface area contributed by atoms with E-state index in [2.05, 4.69) is 19.3 Å². The van der Waals surface area contributed by atoms with Crippen LogP contribution in [0.1, 0.15) is 39.0 Å². The van der Waals surface area contributed by atoms with Crippen molar-refractivity contribution in [3.63, 3.8) is 0 Å². The van der Waals surface area contributed by atoms with Crippen LogP contribution in [-0.4, -0.2) is 13.6 Å². The Morgan fingerprint density at radius 3 is 2.69 bits per heavy atom. The van der Waals surface area contributed by atoms with Gasteiger partial charge in [0.1, 0.15) is 0 Å². The first-order valence-corrected chi connectivity index (χ1v) is 5.94. The summed E-state index contributed by atoms with van der Waals surface area (Å²) in [6, 6.07) is 0. The monoisotopic (exact) mass is 181 g/mol. The van der Waals surface area contributed by atoms with E-state index in [9.17, 15) is 0 Å². The molecule has 0 aromatic rings. The van der Waals surface area contributed by atoms with E-state index in [1.807, 2.05) is 0 Å². The Morgan fingerprint density at radius 2 is 2.15 bits per heavy atom. The minimum absolute atomic E-state index is 0.884. The van der Waals surface area contributed by atoms with Crippen LogP contribution in [0.4, 0.5) is 0 Å². The first kappa shape index (κ1) is 9.51. The van der Waals surface area contributed by atoms with Crippen LogP contribution in [0.2, 0.25) is 0 Å². The smallest absolute Gasteiger partial charge is 0.00261 e. The topological polar surface area (TPSA) is 12.0 Å². The van der Waals surface area contributed by atoms with Crippen LogP contribution in [0.25, 0.3) is 0 Å². The van der Waals surface area contributed by atoms with Crippen LogP contribution in [0.3, 0.4) is 0 Å². The van der Waals surface area contributed by atoms with Crippen molar-refractivity contribution in [1.82, 2.24) is 5.32 Å². The molecule has 0 saturated heterocycles. The lowest BCUT2D eigenvalue weighted by Crippen LogP contribution is -2.21. The van der Waals surface area contributed by atoms with E-state index < -0.39 is 0 Å². The van der Waals surface area contributed by atoms with E-state index in [0.717, 1.165) is 23.7 Å². The van der Waals surface area contributed by atoms with Crippen LogP contribution in [0, 0.1) is 23.7 Å². The zero-order valence-electron chi connectivity index (χ0n) is 9.05. The Hall–Kier alpha value is -0.0400. The number of nitrogens with one attached hydrogen (secondary N) is 1. The fourth-order valence-corrected chi connectivity index (χ4v) is 3.61. The molecule has 0 spiro atoms. The summed E-state index contributed by atoms with van der Waals surface area (Å²) < 4.78 is 0. The van der Waals surface area contributed by atoms with E-state index in [1.165, 1.54) is 13.0 Å². The number of rotatable bonds is 4. The second kappa shape index (κ2) is 4.00. The second-order valence-corrected chi connectivity index (χ2v) is 5.33. The van der Waals surface area contributed by atoms with Gasteiger partial charge in [-0.05, 0) is 62.9 Å². The summed E-state index contributed by atoms with van der Waals surface area (Å²) in [4.78, 5) is 0. The fourth-order valence-electron chi connectivity index (χ4n) is 3.61. The van der Waals surface area contributed by atoms with Crippen molar-refractivity contribution in [3.8, 4) is 0 Å². The van der Waals surface area contributed by atoms with Gasteiger partial charge in [-0.15, -0.1) is 0 Å². The van der Waals surface area contributed by atoms with Crippen LogP contribution < -0.4 is 5.32 Å². The predicted octanol–water partition coefficient (Wildman–Crippen LogP) is 2.67. The Balaban J connectivity index is 1.76. The van der Waals surface area contributed by atoms with Crippen LogP contribution in [-0.2, 0) is 0 Å². The molecule has 0 aromatic carbocycles. The zero-order chi connectivity index (χ0) is 9.26. The maximum Gasteiger partial charge on any atom is -0.00261 e. The van der Waals surface area contributed by atoms with Gasteiger partial charge in [0.15, 0.2) is 0 Å². The molecule has 2 rings (SSSR count). The van der Waals surface area contributed by atoms with Crippen LogP contribution in [0.15, 0.2) is 0 Å². The highest BCUT2D eigenvalue weighted by Gasteiger charge is 2.39. The molecule has 1 heteroatoms. The average molecular weight is 181 g/mol. The minimum Gasteiger partial charge on any atom is -0.319 e. The van der Waals surface area contributed by atoms with Gasteiger partial charge in [-0.1, -0.05) is 13.3 Å². The molecule has 1 nitrogen and oxygen atoms in total. The summed E-state index contributed by atoms with van der Waals surface area (Å²) in [6.07, 6.45) is 7.68. The molecule has 2 aliphatic rings. The molecule has 4 unspecified atom stereocenters. The van der Waals surface area contributed by atoms with Gasteiger partial charge in [0.25, 0.3) is 0 Å². The van der Waals surface area contributed by atoms with E-state index in [4.69, 9.17) is 0 Å². The molecule has 0 aliphatic heterocycles. The Bertz CT molecular complexity index is 167. The lowest BCUT2D eigenvalue weighted by atomic mass is 9.83. The van der Waals surface area contributed by atoms with Crippen molar-refractivity contribution in [2.45, 2.75) is 39.0 Å². The summed E-state index contributed by atoms with van der Waals surface area (Å²) in [6.45, 7) is 3.59. The number of hydrogen-bond donors (Lipinski definition) is 1. The molecule has 2 saturated carbocycles. The summed E-state index contributed by atoms with van der Waals surface area (Å²) in [7, 11) is 2.07. The lowest BCUT2D eigenvalue weighted by molar-refractivity contribution is 0.273. The first-order chi connectivity index (χ1) is 6.29. The molecule has 76 valence electrons. The highest BCUT2D eigenvalue weighted by Crippen LogP contribution is 2.50. The highest BCUT2D eigenvalue weighted by molar-refractivity contribution is 4.90. The van der Waals surface area contributed by atoms with Crippen LogP contribution in [0.5, 0.6) is 0 Å². The molecule has 1 N–H and O–H groups in total. The summed E-state index contributed by atoms with van der Waals surface area (Å²) in [5.41, 5.74) is 0. The van der Waals surface area contributed by atoms with Crippen molar-refractivity contribution in [2.24, 2.45) is 23.7 Å². The Kier molecular flexibility index (Phi) is 2.92. The zero-order valence-corrected chi connectivity index (χ0v) is 9.05. The molecule has 0 heterocycles. The molecule has 2 bridgehead atoms. The summed E-state index contributed by atoms with van der Waals surface area (Å²) in [5.74, 6) is 4.21. The van der Waals surface area contributed by atoms with Gasteiger partial charge in [-0.25, -0.2) is 0 Å². The van der Waals surface area contributed by atoms with Gasteiger partial charge in [0.05, 0.1) is 0 Å². The van der Waals surface area contributed by atoms with Gasteiger partial charge in [0.2, 0.25) is 0 Å². The van der Waals surface area contributed by atoms with Crippen LogP contribution >= 0.6 is 0 Å². The summed E-state index contributed by atoms with van der Waals surface area (Å²) >= 11 is 0. The molecule has 0 aromatic heterocycles. The molecule has 2 aliphatic carbocycles.